The third-order valence-corrected chi connectivity index (χ3v) is 5.59. The molecule has 0 bridgehead atoms. The fourth-order valence-electron chi connectivity index (χ4n) is 2.76. The van der Waals surface area contributed by atoms with Crippen molar-refractivity contribution in [2.75, 3.05) is 33.0 Å². The highest BCUT2D eigenvalue weighted by Crippen LogP contribution is 2.28. The number of rotatable bonds is 6. The third kappa shape index (κ3) is 4.35. The van der Waals surface area contributed by atoms with Gasteiger partial charge in [0.25, 0.3) is 0 Å². The van der Waals surface area contributed by atoms with E-state index >= 15 is 0 Å². The monoisotopic (exact) mass is 346 g/mol. The van der Waals surface area contributed by atoms with E-state index in [1.165, 1.54) is 6.26 Å². The average molecular weight is 347 g/mol. The highest BCUT2D eigenvalue weighted by molar-refractivity contribution is 7.88. The van der Waals surface area contributed by atoms with Crippen LogP contribution in [0.2, 0.25) is 5.02 Å². The lowest BCUT2D eigenvalue weighted by atomic mass is 10.0. The molecule has 0 radical (unpaired) electrons. The van der Waals surface area contributed by atoms with Crippen molar-refractivity contribution < 1.29 is 13.2 Å². The van der Waals surface area contributed by atoms with Crippen LogP contribution < -0.4 is 10.1 Å². The Morgan fingerprint density at radius 2 is 2.23 bits per heavy atom. The van der Waals surface area contributed by atoms with Crippen LogP contribution in [0.3, 0.4) is 0 Å². The van der Waals surface area contributed by atoms with Gasteiger partial charge in [-0.3, -0.25) is 0 Å². The summed E-state index contributed by atoms with van der Waals surface area (Å²) in [6, 6.07) is 5.64. The van der Waals surface area contributed by atoms with Crippen LogP contribution in [0.5, 0.6) is 5.75 Å². The van der Waals surface area contributed by atoms with Crippen molar-refractivity contribution in [2.24, 2.45) is 5.92 Å². The SMILES string of the molecule is COc1ccc(Cl)cc1[C@@H](C)NC[C@@H]1CCN(S(C)(=O)=O)C1. The zero-order valence-corrected chi connectivity index (χ0v) is 14.7. The van der Waals surface area contributed by atoms with Crippen molar-refractivity contribution >= 4 is 21.6 Å². The summed E-state index contributed by atoms with van der Waals surface area (Å²) in [6.45, 7) is 4.02. The average Bonchev–Trinajstić information content (AvgIpc) is 2.93. The minimum atomic E-state index is -3.07. The molecule has 0 aliphatic carbocycles. The Labute approximate surface area is 137 Å². The van der Waals surface area contributed by atoms with Gasteiger partial charge in [-0.25, -0.2) is 12.7 Å². The van der Waals surface area contributed by atoms with Crippen LogP contribution in [0.15, 0.2) is 18.2 Å². The summed E-state index contributed by atoms with van der Waals surface area (Å²) < 4.78 is 30.0. The summed E-state index contributed by atoms with van der Waals surface area (Å²) in [6.07, 6.45) is 2.15. The van der Waals surface area contributed by atoms with E-state index in [0.717, 1.165) is 24.3 Å². The minimum Gasteiger partial charge on any atom is -0.496 e. The molecule has 0 spiro atoms. The van der Waals surface area contributed by atoms with Crippen LogP contribution in [-0.4, -0.2) is 45.7 Å². The molecule has 1 aromatic rings. The van der Waals surface area contributed by atoms with E-state index in [9.17, 15) is 8.42 Å². The molecule has 5 nitrogen and oxygen atoms in total. The van der Waals surface area contributed by atoms with Gasteiger partial charge in [0.2, 0.25) is 10.0 Å². The normalized spacial score (nSPS) is 21.0. The number of nitrogens with zero attached hydrogens (tertiary/aromatic N) is 1. The maximum atomic E-state index is 11.5. The highest BCUT2D eigenvalue weighted by Gasteiger charge is 2.28. The van der Waals surface area contributed by atoms with E-state index in [4.69, 9.17) is 16.3 Å². The number of benzene rings is 1. The van der Waals surface area contributed by atoms with Crippen molar-refractivity contribution in [2.45, 2.75) is 19.4 Å². The van der Waals surface area contributed by atoms with Gasteiger partial charge in [-0.15, -0.1) is 0 Å². The summed E-state index contributed by atoms with van der Waals surface area (Å²) in [4.78, 5) is 0. The van der Waals surface area contributed by atoms with Gasteiger partial charge in [0.15, 0.2) is 0 Å². The van der Waals surface area contributed by atoms with Crippen molar-refractivity contribution in [3.63, 3.8) is 0 Å². The quantitative estimate of drug-likeness (QED) is 0.858. The van der Waals surface area contributed by atoms with Crippen molar-refractivity contribution in [3.8, 4) is 5.75 Å². The molecule has 1 aliphatic heterocycles. The Morgan fingerprint density at radius 3 is 2.82 bits per heavy atom. The van der Waals surface area contributed by atoms with E-state index in [-0.39, 0.29) is 6.04 Å². The molecular formula is C15H23ClN2O3S. The Morgan fingerprint density at radius 1 is 1.50 bits per heavy atom. The number of halogens is 1. The molecule has 0 aromatic heterocycles. The first-order valence-corrected chi connectivity index (χ1v) is 9.56. The largest absolute Gasteiger partial charge is 0.496 e. The zero-order chi connectivity index (χ0) is 16.3. The first-order chi connectivity index (χ1) is 10.3. The van der Waals surface area contributed by atoms with Gasteiger partial charge >= 0.3 is 0 Å². The second-order valence-corrected chi connectivity index (χ2v) is 8.21. The summed E-state index contributed by atoms with van der Waals surface area (Å²) in [5, 5.41) is 4.13. The van der Waals surface area contributed by atoms with Gasteiger partial charge in [0, 0.05) is 29.7 Å². The van der Waals surface area contributed by atoms with Crippen LogP contribution in [0.1, 0.15) is 24.9 Å². The molecule has 7 heteroatoms. The molecule has 124 valence electrons. The number of sulfonamides is 1. The van der Waals surface area contributed by atoms with Crippen LogP contribution >= 0.6 is 11.6 Å². The lowest BCUT2D eigenvalue weighted by molar-refractivity contribution is 0.394. The Balaban J connectivity index is 1.94. The van der Waals surface area contributed by atoms with Gasteiger partial charge < -0.3 is 10.1 Å². The van der Waals surface area contributed by atoms with Crippen LogP contribution in [-0.2, 0) is 10.0 Å². The summed E-state index contributed by atoms with van der Waals surface area (Å²) in [5.41, 5.74) is 1.01. The maximum absolute atomic E-state index is 11.5. The lowest BCUT2D eigenvalue weighted by Gasteiger charge is -2.20. The predicted molar refractivity (Wildman–Crippen MR) is 88.9 cm³/mol. The second-order valence-electron chi connectivity index (χ2n) is 5.79. The number of nitrogens with one attached hydrogen (secondary N) is 1. The molecule has 2 rings (SSSR count). The van der Waals surface area contributed by atoms with E-state index in [1.807, 2.05) is 12.1 Å². The summed E-state index contributed by atoms with van der Waals surface area (Å²) in [7, 11) is -1.44. The minimum absolute atomic E-state index is 0.0842. The molecule has 0 amide bonds. The smallest absolute Gasteiger partial charge is 0.211 e. The van der Waals surface area contributed by atoms with Crippen LogP contribution in [0, 0.1) is 5.92 Å². The van der Waals surface area contributed by atoms with Crippen molar-refractivity contribution in [3.05, 3.63) is 28.8 Å². The first kappa shape index (κ1) is 17.5. The zero-order valence-electron chi connectivity index (χ0n) is 13.2. The predicted octanol–water partition coefficient (Wildman–Crippen LogP) is 2.28. The van der Waals surface area contributed by atoms with Crippen molar-refractivity contribution in [1.29, 1.82) is 0 Å². The van der Waals surface area contributed by atoms with Gasteiger partial charge in [0.1, 0.15) is 5.75 Å². The number of ether oxygens (including phenoxy) is 1. The lowest BCUT2D eigenvalue weighted by Crippen LogP contribution is -2.31. The molecule has 1 aliphatic rings. The Hall–Kier alpha value is -0.820. The highest BCUT2D eigenvalue weighted by atomic mass is 35.5. The van der Waals surface area contributed by atoms with Gasteiger partial charge in [-0.1, -0.05) is 11.6 Å². The molecule has 1 aromatic carbocycles. The Bertz CT molecular complexity index is 621. The molecule has 1 saturated heterocycles. The van der Waals surface area contributed by atoms with E-state index in [2.05, 4.69) is 12.2 Å². The molecule has 1 N–H and O–H groups in total. The number of hydrogen-bond acceptors (Lipinski definition) is 4. The maximum Gasteiger partial charge on any atom is 0.211 e. The second kappa shape index (κ2) is 7.17. The standard InChI is InChI=1S/C15H23ClN2O3S/c1-11(14-8-13(16)4-5-15(14)21-2)17-9-12-6-7-18(10-12)22(3,19)20/h4-5,8,11-12,17H,6-7,9-10H2,1-3H3/t11-,12+/m1/s1. The summed E-state index contributed by atoms with van der Waals surface area (Å²) in [5.74, 6) is 1.14. The topological polar surface area (TPSA) is 58.6 Å². The van der Waals surface area contributed by atoms with Crippen LogP contribution in [0.25, 0.3) is 0 Å². The number of hydrogen-bond donors (Lipinski definition) is 1. The fraction of sp³-hybridized carbons (Fsp3) is 0.600. The van der Waals surface area contributed by atoms with Gasteiger partial charge in [0.05, 0.1) is 13.4 Å². The van der Waals surface area contributed by atoms with E-state index < -0.39 is 10.0 Å². The summed E-state index contributed by atoms with van der Waals surface area (Å²) >= 11 is 6.06. The third-order valence-electron chi connectivity index (χ3n) is 4.09. The molecular weight excluding hydrogens is 324 g/mol. The molecule has 0 saturated carbocycles. The van der Waals surface area contributed by atoms with Crippen LogP contribution in [0.4, 0.5) is 0 Å². The molecule has 1 fully saturated rings. The number of methoxy groups -OCH3 is 1. The van der Waals surface area contributed by atoms with Crippen molar-refractivity contribution in [1.82, 2.24) is 9.62 Å². The molecule has 1 heterocycles. The van der Waals surface area contributed by atoms with Gasteiger partial charge in [-0.2, -0.15) is 0 Å². The molecule has 22 heavy (non-hydrogen) atoms. The Kier molecular flexibility index (Phi) is 5.71. The van der Waals surface area contributed by atoms with Gasteiger partial charge in [-0.05, 0) is 44.0 Å². The first-order valence-electron chi connectivity index (χ1n) is 7.33. The van der Waals surface area contributed by atoms with E-state index in [0.29, 0.717) is 24.0 Å². The molecule has 2 atom stereocenters. The fourth-order valence-corrected chi connectivity index (χ4v) is 3.86. The van der Waals surface area contributed by atoms with E-state index in [1.54, 1.807) is 17.5 Å². The molecule has 0 unspecified atom stereocenters.